The molecule has 0 aromatic carbocycles. The minimum absolute atomic E-state index is 0.315. The van der Waals surface area contributed by atoms with Gasteiger partial charge >= 0.3 is 0 Å². The Labute approximate surface area is 108 Å². The molecule has 4 heteroatoms. The first-order valence-corrected chi connectivity index (χ1v) is 6.81. The van der Waals surface area contributed by atoms with Crippen LogP contribution in [0.5, 0.6) is 5.75 Å². The van der Waals surface area contributed by atoms with Crippen LogP contribution >= 0.6 is 11.6 Å². The van der Waals surface area contributed by atoms with Crippen LogP contribution in [0, 0.1) is 5.92 Å². The first-order chi connectivity index (χ1) is 8.13. The topological polar surface area (TPSA) is 27.1 Å². The number of hydrogen-bond acceptors (Lipinski definition) is 2. The average molecular weight is 257 g/mol. The Morgan fingerprint density at radius 1 is 1.53 bits per heavy atom. The summed E-state index contributed by atoms with van der Waals surface area (Å²) in [7, 11) is 1.70. The van der Waals surface area contributed by atoms with E-state index in [-0.39, 0.29) is 0 Å². The molecule has 0 saturated heterocycles. The van der Waals surface area contributed by atoms with Crippen molar-refractivity contribution < 1.29 is 4.74 Å². The van der Waals surface area contributed by atoms with Crippen molar-refractivity contribution in [1.82, 2.24) is 9.78 Å². The fourth-order valence-electron chi connectivity index (χ4n) is 2.19. The smallest absolute Gasteiger partial charge is 0.159 e. The van der Waals surface area contributed by atoms with Gasteiger partial charge in [0.1, 0.15) is 0 Å². The molecule has 1 aromatic heterocycles. The van der Waals surface area contributed by atoms with E-state index in [1.54, 1.807) is 13.3 Å². The van der Waals surface area contributed by atoms with Crippen LogP contribution in [0.1, 0.15) is 44.8 Å². The van der Waals surface area contributed by atoms with Gasteiger partial charge in [-0.05, 0) is 45.4 Å². The molecule has 0 radical (unpaired) electrons. The second kappa shape index (κ2) is 5.30. The number of alkyl halides is 1. The highest BCUT2D eigenvalue weighted by molar-refractivity contribution is 6.20. The summed E-state index contributed by atoms with van der Waals surface area (Å²) in [4.78, 5) is 0. The molecule has 1 aromatic rings. The zero-order valence-electron chi connectivity index (χ0n) is 10.8. The first kappa shape index (κ1) is 12.7. The zero-order chi connectivity index (χ0) is 12.4. The number of halogens is 1. The maximum absolute atomic E-state index is 6.35. The van der Waals surface area contributed by atoms with Crippen LogP contribution in [0.25, 0.3) is 0 Å². The highest BCUT2D eigenvalue weighted by Crippen LogP contribution is 2.38. The van der Waals surface area contributed by atoms with Crippen molar-refractivity contribution in [2.45, 2.75) is 50.9 Å². The Kier molecular flexibility index (Phi) is 3.97. The molecule has 0 spiro atoms. The lowest BCUT2D eigenvalue weighted by molar-refractivity contribution is 0.402. The maximum atomic E-state index is 6.35. The Morgan fingerprint density at radius 2 is 2.24 bits per heavy atom. The van der Waals surface area contributed by atoms with Gasteiger partial charge in [0, 0.05) is 11.4 Å². The van der Waals surface area contributed by atoms with E-state index in [0.29, 0.717) is 11.4 Å². The fraction of sp³-hybridized carbons (Fsp3) is 0.769. The van der Waals surface area contributed by atoms with Crippen molar-refractivity contribution in [3.05, 3.63) is 11.9 Å². The molecular formula is C13H21ClN2O. The van der Waals surface area contributed by atoms with Crippen LogP contribution in [0.3, 0.4) is 0 Å². The van der Waals surface area contributed by atoms with Crippen molar-refractivity contribution in [3.63, 3.8) is 0 Å². The van der Waals surface area contributed by atoms with E-state index in [2.05, 4.69) is 18.9 Å². The molecule has 1 fully saturated rings. The summed E-state index contributed by atoms with van der Waals surface area (Å²) in [6, 6.07) is 0.364. The number of rotatable bonds is 6. The summed E-state index contributed by atoms with van der Waals surface area (Å²) < 4.78 is 7.40. The SMILES string of the molecule is COc1cnn(C(C)C)c1CCC(Cl)C1CC1. The van der Waals surface area contributed by atoms with Crippen molar-refractivity contribution in [3.8, 4) is 5.75 Å². The van der Waals surface area contributed by atoms with Crippen LogP contribution in [-0.2, 0) is 6.42 Å². The molecule has 0 bridgehead atoms. The summed E-state index contributed by atoms with van der Waals surface area (Å²) in [5.41, 5.74) is 1.17. The quantitative estimate of drug-likeness (QED) is 0.730. The average Bonchev–Trinajstić information content (AvgIpc) is 3.06. The maximum Gasteiger partial charge on any atom is 0.159 e. The van der Waals surface area contributed by atoms with Crippen LogP contribution in [0.2, 0.25) is 0 Å². The Hall–Kier alpha value is -0.700. The summed E-state index contributed by atoms with van der Waals surface area (Å²) in [6.07, 6.45) is 6.37. The van der Waals surface area contributed by atoms with Crippen LogP contribution in [-0.4, -0.2) is 22.3 Å². The number of nitrogens with zero attached hydrogens (tertiary/aromatic N) is 2. The second-order valence-corrected chi connectivity index (χ2v) is 5.65. The fourth-order valence-corrected chi connectivity index (χ4v) is 2.55. The van der Waals surface area contributed by atoms with E-state index in [4.69, 9.17) is 16.3 Å². The number of methoxy groups -OCH3 is 1. The third kappa shape index (κ3) is 2.95. The molecule has 0 aliphatic heterocycles. The third-order valence-electron chi connectivity index (χ3n) is 3.36. The van der Waals surface area contributed by atoms with Gasteiger partial charge in [0.2, 0.25) is 0 Å². The molecule has 2 rings (SSSR count). The van der Waals surface area contributed by atoms with Crippen LogP contribution in [0.15, 0.2) is 6.20 Å². The van der Waals surface area contributed by atoms with Crippen LogP contribution in [0.4, 0.5) is 0 Å². The Balaban J connectivity index is 2.03. The van der Waals surface area contributed by atoms with Gasteiger partial charge in [-0.1, -0.05) is 0 Å². The molecule has 1 aliphatic carbocycles. The molecule has 17 heavy (non-hydrogen) atoms. The van der Waals surface area contributed by atoms with Gasteiger partial charge in [-0.15, -0.1) is 11.6 Å². The van der Waals surface area contributed by atoms with E-state index >= 15 is 0 Å². The van der Waals surface area contributed by atoms with E-state index in [9.17, 15) is 0 Å². The highest BCUT2D eigenvalue weighted by Gasteiger charge is 2.29. The second-order valence-electron chi connectivity index (χ2n) is 5.09. The summed E-state index contributed by atoms with van der Waals surface area (Å²) in [6.45, 7) is 4.27. The van der Waals surface area contributed by atoms with Crippen molar-refractivity contribution in [1.29, 1.82) is 0 Å². The molecule has 96 valence electrons. The van der Waals surface area contributed by atoms with Gasteiger partial charge in [0.05, 0.1) is 19.0 Å². The molecule has 0 amide bonds. The van der Waals surface area contributed by atoms with Gasteiger partial charge in [-0.2, -0.15) is 5.10 Å². The summed E-state index contributed by atoms with van der Waals surface area (Å²) >= 11 is 6.35. The molecule has 1 aliphatic rings. The standard InChI is InChI=1S/C13H21ClN2O/c1-9(2)16-12(13(17-3)8-15-16)7-6-11(14)10-4-5-10/h8-11H,4-7H2,1-3H3. The largest absolute Gasteiger partial charge is 0.493 e. The molecule has 1 heterocycles. The van der Waals surface area contributed by atoms with Crippen molar-refractivity contribution in [2.75, 3.05) is 7.11 Å². The van der Waals surface area contributed by atoms with Crippen molar-refractivity contribution in [2.24, 2.45) is 5.92 Å². The highest BCUT2D eigenvalue weighted by atomic mass is 35.5. The minimum Gasteiger partial charge on any atom is -0.493 e. The molecule has 0 N–H and O–H groups in total. The third-order valence-corrected chi connectivity index (χ3v) is 3.93. The first-order valence-electron chi connectivity index (χ1n) is 6.38. The van der Waals surface area contributed by atoms with Gasteiger partial charge in [0.15, 0.2) is 5.75 Å². The normalized spacial score (nSPS) is 17.5. The van der Waals surface area contributed by atoms with Crippen molar-refractivity contribution >= 4 is 11.6 Å². The van der Waals surface area contributed by atoms with E-state index < -0.39 is 0 Å². The zero-order valence-corrected chi connectivity index (χ0v) is 11.6. The monoisotopic (exact) mass is 256 g/mol. The minimum atomic E-state index is 0.315. The van der Waals surface area contributed by atoms with E-state index in [1.165, 1.54) is 18.5 Å². The molecule has 1 unspecified atom stereocenters. The molecule has 1 saturated carbocycles. The summed E-state index contributed by atoms with van der Waals surface area (Å²) in [5.74, 6) is 1.64. The van der Waals surface area contributed by atoms with E-state index in [0.717, 1.165) is 24.5 Å². The Morgan fingerprint density at radius 3 is 2.76 bits per heavy atom. The van der Waals surface area contributed by atoms with E-state index in [1.807, 2.05) is 4.68 Å². The Bertz CT molecular complexity index is 371. The lowest BCUT2D eigenvalue weighted by Crippen LogP contribution is -2.11. The summed E-state index contributed by atoms with van der Waals surface area (Å²) in [5, 5.41) is 4.69. The molecule has 1 atom stereocenters. The lowest BCUT2D eigenvalue weighted by atomic mass is 10.1. The predicted octanol–water partition coefficient (Wildman–Crippen LogP) is 3.42. The van der Waals surface area contributed by atoms with Gasteiger partial charge in [-0.25, -0.2) is 0 Å². The molecule has 3 nitrogen and oxygen atoms in total. The number of hydrogen-bond donors (Lipinski definition) is 0. The molecular weight excluding hydrogens is 236 g/mol. The predicted molar refractivity (Wildman–Crippen MR) is 69.9 cm³/mol. The van der Waals surface area contributed by atoms with Gasteiger partial charge in [0.25, 0.3) is 0 Å². The number of aromatic nitrogens is 2. The van der Waals surface area contributed by atoms with Gasteiger partial charge < -0.3 is 4.74 Å². The number of ether oxygens (including phenoxy) is 1. The van der Waals surface area contributed by atoms with Gasteiger partial charge in [-0.3, -0.25) is 4.68 Å². The van der Waals surface area contributed by atoms with Crippen LogP contribution < -0.4 is 4.74 Å². The lowest BCUT2D eigenvalue weighted by Gasteiger charge is -2.13.